The minimum atomic E-state index is -1.10. The second-order valence-electron chi connectivity index (χ2n) is 9.37. The van der Waals surface area contributed by atoms with E-state index >= 15 is 0 Å². The molecule has 36 heavy (non-hydrogen) atoms. The molecule has 1 fully saturated rings. The van der Waals surface area contributed by atoms with Crippen LogP contribution in [-0.2, 0) is 12.8 Å². The summed E-state index contributed by atoms with van der Waals surface area (Å²) in [5, 5.41) is 0. The van der Waals surface area contributed by atoms with E-state index in [4.69, 9.17) is 4.74 Å². The van der Waals surface area contributed by atoms with Crippen LogP contribution in [0.1, 0.15) is 72.3 Å². The lowest BCUT2D eigenvalue weighted by Gasteiger charge is -2.30. The summed E-state index contributed by atoms with van der Waals surface area (Å²) in [5.41, 5.74) is 0.965. The molecule has 1 aliphatic rings. The Balaban J connectivity index is 1.43. The van der Waals surface area contributed by atoms with Gasteiger partial charge in [-0.1, -0.05) is 30.3 Å². The van der Waals surface area contributed by atoms with E-state index in [1.165, 1.54) is 25.1 Å². The fourth-order valence-electron chi connectivity index (χ4n) is 5.11. The van der Waals surface area contributed by atoms with Gasteiger partial charge < -0.3 is 4.74 Å². The van der Waals surface area contributed by atoms with Gasteiger partial charge in [0.05, 0.1) is 6.61 Å². The SMILES string of the molecule is CCOc1ccc(CCc2ccc(C3CCC(c4ccc(C)c(F)c4F)CC3)c(F)c2F)c(F)c1F. The van der Waals surface area contributed by atoms with Crippen LogP contribution in [-0.4, -0.2) is 6.61 Å². The molecule has 0 heterocycles. The Morgan fingerprint density at radius 3 is 1.64 bits per heavy atom. The smallest absolute Gasteiger partial charge is 0.200 e. The molecule has 4 rings (SSSR count). The molecule has 0 N–H and O–H groups in total. The Labute approximate surface area is 207 Å². The van der Waals surface area contributed by atoms with Gasteiger partial charge in [0.25, 0.3) is 0 Å². The molecule has 1 aliphatic carbocycles. The predicted molar refractivity (Wildman–Crippen MR) is 126 cm³/mol. The maximum Gasteiger partial charge on any atom is 0.200 e. The highest BCUT2D eigenvalue weighted by Gasteiger charge is 2.29. The standard InChI is InChI=1S/C29H28F6O/c1-3-36-23-15-12-20(26(32)29(23)35)10-9-19-11-14-22(28(34)25(19)31)18-7-5-17(6-8-18)21-13-4-16(2)24(30)27(21)33/h4,11-15,17-18H,3,5-10H2,1-2H3. The van der Waals surface area contributed by atoms with E-state index in [0.29, 0.717) is 31.2 Å². The fourth-order valence-corrected chi connectivity index (χ4v) is 5.11. The van der Waals surface area contributed by atoms with Gasteiger partial charge in [-0.05, 0) is 98.1 Å². The largest absolute Gasteiger partial charge is 0.491 e. The molecular weight excluding hydrogens is 478 g/mol. The minimum Gasteiger partial charge on any atom is -0.491 e. The zero-order chi connectivity index (χ0) is 26.0. The summed E-state index contributed by atoms with van der Waals surface area (Å²) in [7, 11) is 0. The summed E-state index contributed by atoms with van der Waals surface area (Å²) in [4.78, 5) is 0. The molecule has 0 radical (unpaired) electrons. The third kappa shape index (κ3) is 5.11. The highest BCUT2D eigenvalue weighted by Crippen LogP contribution is 2.42. The summed E-state index contributed by atoms with van der Waals surface area (Å²) >= 11 is 0. The average Bonchev–Trinajstić information content (AvgIpc) is 2.88. The zero-order valence-electron chi connectivity index (χ0n) is 20.2. The lowest BCUT2D eigenvalue weighted by atomic mass is 9.75. The topological polar surface area (TPSA) is 9.23 Å². The molecule has 192 valence electrons. The van der Waals surface area contributed by atoms with Crippen molar-refractivity contribution >= 4 is 0 Å². The first-order chi connectivity index (χ1) is 17.2. The maximum absolute atomic E-state index is 15.0. The number of aryl methyl sites for hydroxylation is 3. The second kappa shape index (κ2) is 11.0. The quantitative estimate of drug-likeness (QED) is 0.292. The Morgan fingerprint density at radius 1 is 0.611 bits per heavy atom. The van der Waals surface area contributed by atoms with Crippen molar-refractivity contribution in [2.24, 2.45) is 0 Å². The molecule has 0 bridgehead atoms. The number of hydrogen-bond acceptors (Lipinski definition) is 1. The molecule has 0 aromatic heterocycles. The van der Waals surface area contributed by atoms with E-state index in [1.807, 2.05) is 0 Å². The summed E-state index contributed by atoms with van der Waals surface area (Å²) in [6.07, 6.45) is 2.11. The van der Waals surface area contributed by atoms with E-state index in [2.05, 4.69) is 0 Å². The predicted octanol–water partition coefficient (Wildman–Crippen LogP) is 8.45. The van der Waals surface area contributed by atoms with Gasteiger partial charge in [-0.2, -0.15) is 4.39 Å². The van der Waals surface area contributed by atoms with Crippen LogP contribution in [0.25, 0.3) is 0 Å². The van der Waals surface area contributed by atoms with Crippen molar-refractivity contribution in [3.8, 4) is 5.75 Å². The van der Waals surface area contributed by atoms with Crippen molar-refractivity contribution in [3.63, 3.8) is 0 Å². The molecule has 0 saturated heterocycles. The van der Waals surface area contributed by atoms with Gasteiger partial charge in [0, 0.05) is 0 Å². The van der Waals surface area contributed by atoms with Crippen molar-refractivity contribution in [3.05, 3.63) is 99.1 Å². The molecule has 3 aromatic carbocycles. The highest BCUT2D eigenvalue weighted by atomic mass is 19.2. The summed E-state index contributed by atoms with van der Waals surface area (Å²) in [6.45, 7) is 3.35. The van der Waals surface area contributed by atoms with Crippen LogP contribution in [0.15, 0.2) is 36.4 Å². The van der Waals surface area contributed by atoms with Gasteiger partial charge in [0.15, 0.2) is 34.8 Å². The molecule has 3 aromatic rings. The van der Waals surface area contributed by atoms with Crippen molar-refractivity contribution in [2.75, 3.05) is 6.61 Å². The van der Waals surface area contributed by atoms with Gasteiger partial charge in [0.1, 0.15) is 0 Å². The first kappa shape index (κ1) is 26.1. The Hall–Kier alpha value is -2.96. The van der Waals surface area contributed by atoms with Crippen LogP contribution in [0.4, 0.5) is 26.3 Å². The Morgan fingerprint density at radius 2 is 1.08 bits per heavy atom. The number of rotatable bonds is 7. The van der Waals surface area contributed by atoms with Gasteiger partial charge >= 0.3 is 0 Å². The van der Waals surface area contributed by atoms with Crippen LogP contribution in [0.3, 0.4) is 0 Å². The number of benzene rings is 3. The third-order valence-electron chi connectivity index (χ3n) is 7.19. The van der Waals surface area contributed by atoms with Gasteiger partial charge in [-0.25, -0.2) is 22.0 Å². The van der Waals surface area contributed by atoms with Crippen molar-refractivity contribution in [2.45, 2.75) is 64.2 Å². The van der Waals surface area contributed by atoms with E-state index in [1.54, 1.807) is 25.1 Å². The molecule has 0 atom stereocenters. The summed E-state index contributed by atoms with van der Waals surface area (Å²) in [5.74, 6) is -6.36. The van der Waals surface area contributed by atoms with Gasteiger partial charge in [0.2, 0.25) is 5.82 Å². The zero-order valence-corrected chi connectivity index (χ0v) is 20.2. The lowest BCUT2D eigenvalue weighted by Crippen LogP contribution is -2.16. The molecule has 1 nitrogen and oxygen atoms in total. The van der Waals surface area contributed by atoms with Crippen molar-refractivity contribution < 1.29 is 31.1 Å². The van der Waals surface area contributed by atoms with Gasteiger partial charge in [-0.3, -0.25) is 0 Å². The fraction of sp³-hybridized carbons (Fsp3) is 0.379. The van der Waals surface area contributed by atoms with Gasteiger partial charge in [-0.15, -0.1) is 0 Å². The molecule has 1 saturated carbocycles. The second-order valence-corrected chi connectivity index (χ2v) is 9.37. The van der Waals surface area contributed by atoms with Crippen LogP contribution in [0.2, 0.25) is 0 Å². The number of hydrogen-bond donors (Lipinski definition) is 0. The normalized spacial score (nSPS) is 17.9. The van der Waals surface area contributed by atoms with Crippen LogP contribution in [0, 0.1) is 41.8 Å². The molecule has 0 spiro atoms. The molecule has 7 heteroatoms. The molecule has 0 aliphatic heterocycles. The molecule has 0 amide bonds. The van der Waals surface area contributed by atoms with E-state index in [-0.39, 0.29) is 59.3 Å². The van der Waals surface area contributed by atoms with E-state index in [9.17, 15) is 26.3 Å². The molecule has 0 unspecified atom stereocenters. The summed E-state index contributed by atoms with van der Waals surface area (Å²) in [6, 6.07) is 8.89. The lowest BCUT2D eigenvalue weighted by molar-refractivity contribution is 0.313. The molecular formula is C29H28F6O. The Kier molecular flexibility index (Phi) is 7.96. The van der Waals surface area contributed by atoms with Crippen LogP contribution in [0.5, 0.6) is 5.75 Å². The van der Waals surface area contributed by atoms with Crippen LogP contribution >= 0.6 is 0 Å². The van der Waals surface area contributed by atoms with E-state index in [0.717, 1.165) is 0 Å². The van der Waals surface area contributed by atoms with E-state index < -0.39 is 34.9 Å². The Bertz CT molecular complexity index is 1250. The minimum absolute atomic E-state index is 0.00161. The highest BCUT2D eigenvalue weighted by molar-refractivity contribution is 5.34. The summed E-state index contributed by atoms with van der Waals surface area (Å²) < 4.78 is 91.7. The van der Waals surface area contributed by atoms with Crippen molar-refractivity contribution in [1.29, 1.82) is 0 Å². The number of ether oxygens (including phenoxy) is 1. The average molecular weight is 507 g/mol. The first-order valence-electron chi connectivity index (χ1n) is 12.2. The number of halogens is 6. The maximum atomic E-state index is 15.0. The van der Waals surface area contributed by atoms with Crippen molar-refractivity contribution in [1.82, 2.24) is 0 Å². The third-order valence-corrected chi connectivity index (χ3v) is 7.19. The van der Waals surface area contributed by atoms with Crippen LogP contribution < -0.4 is 4.74 Å². The monoisotopic (exact) mass is 506 g/mol. The first-order valence-corrected chi connectivity index (χ1v) is 12.2.